The van der Waals surface area contributed by atoms with Crippen LogP contribution in [0.5, 0.6) is 0 Å². The molecular formula is C8H2F3NO. The number of aldehydes is 1. The van der Waals surface area contributed by atoms with Gasteiger partial charge in [-0.05, 0) is 6.07 Å². The topological polar surface area (TPSA) is 40.9 Å². The molecular weight excluding hydrogens is 183 g/mol. The molecule has 0 heterocycles. The van der Waals surface area contributed by atoms with Gasteiger partial charge in [0.1, 0.15) is 6.07 Å². The summed E-state index contributed by atoms with van der Waals surface area (Å²) in [6.45, 7) is 0. The van der Waals surface area contributed by atoms with Gasteiger partial charge in [0.25, 0.3) is 0 Å². The van der Waals surface area contributed by atoms with Crippen LogP contribution in [0, 0.1) is 28.8 Å². The third kappa shape index (κ3) is 1.38. The molecule has 1 aromatic carbocycles. The van der Waals surface area contributed by atoms with E-state index in [0.717, 1.165) is 0 Å². The van der Waals surface area contributed by atoms with E-state index in [1.165, 1.54) is 6.07 Å². The van der Waals surface area contributed by atoms with Crippen LogP contribution >= 0.6 is 0 Å². The summed E-state index contributed by atoms with van der Waals surface area (Å²) in [6, 6.07) is 1.70. The molecule has 5 heteroatoms. The Morgan fingerprint density at radius 1 is 1.31 bits per heavy atom. The van der Waals surface area contributed by atoms with Crippen LogP contribution in [0.25, 0.3) is 0 Å². The summed E-state index contributed by atoms with van der Waals surface area (Å²) < 4.78 is 38.0. The average molecular weight is 185 g/mol. The molecule has 1 aromatic rings. The molecule has 0 bridgehead atoms. The van der Waals surface area contributed by atoms with Crippen molar-refractivity contribution in [3.8, 4) is 6.07 Å². The molecule has 2 nitrogen and oxygen atoms in total. The molecule has 0 fully saturated rings. The Morgan fingerprint density at radius 3 is 2.38 bits per heavy atom. The predicted octanol–water partition coefficient (Wildman–Crippen LogP) is 1.79. The highest BCUT2D eigenvalue weighted by molar-refractivity contribution is 5.76. The van der Waals surface area contributed by atoms with Crippen LogP contribution in [-0.2, 0) is 0 Å². The predicted molar refractivity (Wildman–Crippen MR) is 36.4 cm³/mol. The van der Waals surface area contributed by atoms with Gasteiger partial charge in [-0.2, -0.15) is 5.26 Å². The van der Waals surface area contributed by atoms with Gasteiger partial charge in [-0.15, -0.1) is 0 Å². The maximum Gasteiger partial charge on any atom is 0.172 e. The fraction of sp³-hybridized carbons (Fsp3) is 0. The Hall–Kier alpha value is -1.83. The second-order valence-corrected chi connectivity index (χ2v) is 2.18. The van der Waals surface area contributed by atoms with Crippen molar-refractivity contribution in [3.63, 3.8) is 0 Å². The van der Waals surface area contributed by atoms with Crippen LogP contribution < -0.4 is 0 Å². The Labute approximate surface area is 71.2 Å². The minimum absolute atomic E-state index is 0.172. The highest BCUT2D eigenvalue weighted by Gasteiger charge is 2.17. The van der Waals surface area contributed by atoms with Gasteiger partial charge in [0.2, 0.25) is 0 Å². The van der Waals surface area contributed by atoms with Gasteiger partial charge >= 0.3 is 0 Å². The largest absolute Gasteiger partial charge is 0.298 e. The van der Waals surface area contributed by atoms with E-state index >= 15 is 0 Å². The molecule has 66 valence electrons. The van der Waals surface area contributed by atoms with E-state index in [2.05, 4.69) is 0 Å². The molecule has 0 unspecified atom stereocenters. The summed E-state index contributed by atoms with van der Waals surface area (Å²) >= 11 is 0. The zero-order valence-electron chi connectivity index (χ0n) is 6.14. The van der Waals surface area contributed by atoms with Crippen molar-refractivity contribution in [1.82, 2.24) is 0 Å². The quantitative estimate of drug-likeness (QED) is 0.494. The maximum atomic E-state index is 12.9. The first kappa shape index (κ1) is 9.26. The van der Waals surface area contributed by atoms with Crippen LogP contribution in [0.1, 0.15) is 15.9 Å². The minimum atomic E-state index is -1.58. The van der Waals surface area contributed by atoms with Gasteiger partial charge in [0, 0.05) is 0 Å². The van der Waals surface area contributed by atoms with E-state index in [9.17, 15) is 18.0 Å². The van der Waals surface area contributed by atoms with Crippen molar-refractivity contribution in [2.24, 2.45) is 0 Å². The molecule has 0 aromatic heterocycles. The molecule has 13 heavy (non-hydrogen) atoms. The minimum Gasteiger partial charge on any atom is -0.298 e. The molecule has 0 amide bonds. The van der Waals surface area contributed by atoms with E-state index in [1.54, 1.807) is 0 Å². The number of halogens is 3. The number of hydrogen-bond donors (Lipinski definition) is 0. The molecule has 0 atom stereocenters. The Balaban J connectivity index is 3.59. The van der Waals surface area contributed by atoms with Gasteiger partial charge in [-0.3, -0.25) is 4.79 Å². The SMILES string of the molecule is N#Cc1cc(F)c(F)c(C=O)c1F. The molecule has 0 saturated carbocycles. The normalized spacial score (nSPS) is 9.38. The van der Waals surface area contributed by atoms with Gasteiger partial charge in [-0.25, -0.2) is 13.2 Å². The number of nitrogens with zero attached hydrogens (tertiary/aromatic N) is 1. The van der Waals surface area contributed by atoms with Crippen LogP contribution in [0.3, 0.4) is 0 Å². The Morgan fingerprint density at radius 2 is 1.92 bits per heavy atom. The number of nitriles is 1. The molecule has 0 spiro atoms. The lowest BCUT2D eigenvalue weighted by atomic mass is 10.1. The second-order valence-electron chi connectivity index (χ2n) is 2.18. The lowest BCUT2D eigenvalue weighted by Gasteiger charge is -1.99. The number of carbonyl (C=O) groups excluding carboxylic acids is 1. The maximum absolute atomic E-state index is 12.9. The van der Waals surface area contributed by atoms with Gasteiger partial charge in [0.15, 0.2) is 23.7 Å². The van der Waals surface area contributed by atoms with Crippen LogP contribution in [0.15, 0.2) is 6.07 Å². The number of hydrogen-bond acceptors (Lipinski definition) is 2. The van der Waals surface area contributed by atoms with Crippen molar-refractivity contribution in [2.45, 2.75) is 0 Å². The Bertz CT molecular complexity index is 409. The lowest BCUT2D eigenvalue weighted by Crippen LogP contribution is -2.00. The monoisotopic (exact) mass is 185 g/mol. The lowest BCUT2D eigenvalue weighted by molar-refractivity contribution is 0.111. The molecule has 0 N–H and O–H groups in total. The van der Waals surface area contributed by atoms with E-state index in [-0.39, 0.29) is 6.29 Å². The molecule has 0 radical (unpaired) electrons. The summed E-state index contributed by atoms with van der Waals surface area (Å²) in [4.78, 5) is 10.1. The number of rotatable bonds is 1. The molecule has 0 aliphatic heterocycles. The van der Waals surface area contributed by atoms with Crippen molar-refractivity contribution in [2.75, 3.05) is 0 Å². The third-order valence-electron chi connectivity index (χ3n) is 1.43. The first-order chi connectivity index (χ1) is 6.11. The number of benzene rings is 1. The standard InChI is InChI=1S/C8H2F3NO/c9-6-1-4(2-12)7(10)5(3-13)8(6)11/h1,3H. The van der Waals surface area contributed by atoms with Crippen LogP contribution in [0.2, 0.25) is 0 Å². The van der Waals surface area contributed by atoms with Crippen molar-refractivity contribution < 1.29 is 18.0 Å². The van der Waals surface area contributed by atoms with E-state index in [1.807, 2.05) is 0 Å². The van der Waals surface area contributed by atoms with Gasteiger partial charge in [-0.1, -0.05) is 0 Å². The van der Waals surface area contributed by atoms with E-state index in [4.69, 9.17) is 5.26 Å². The van der Waals surface area contributed by atoms with E-state index < -0.39 is 28.6 Å². The van der Waals surface area contributed by atoms with Crippen molar-refractivity contribution in [3.05, 3.63) is 34.6 Å². The summed E-state index contributed by atoms with van der Waals surface area (Å²) in [5.41, 5.74) is -1.75. The smallest absolute Gasteiger partial charge is 0.172 e. The summed E-state index contributed by atoms with van der Waals surface area (Å²) in [6.07, 6.45) is -0.172. The Kier molecular flexibility index (Phi) is 2.33. The molecule has 0 aliphatic rings. The second kappa shape index (κ2) is 3.27. The summed E-state index contributed by atoms with van der Waals surface area (Å²) in [7, 11) is 0. The molecule has 0 aliphatic carbocycles. The van der Waals surface area contributed by atoms with Crippen LogP contribution in [-0.4, -0.2) is 6.29 Å². The zero-order chi connectivity index (χ0) is 10.0. The van der Waals surface area contributed by atoms with E-state index in [0.29, 0.717) is 6.07 Å². The molecule has 1 rings (SSSR count). The average Bonchev–Trinajstić information content (AvgIpc) is 2.12. The van der Waals surface area contributed by atoms with Crippen molar-refractivity contribution >= 4 is 6.29 Å². The molecule has 0 saturated heterocycles. The highest BCUT2D eigenvalue weighted by atomic mass is 19.2. The third-order valence-corrected chi connectivity index (χ3v) is 1.43. The van der Waals surface area contributed by atoms with Gasteiger partial charge in [0.05, 0.1) is 11.1 Å². The highest BCUT2D eigenvalue weighted by Crippen LogP contribution is 2.17. The fourth-order valence-corrected chi connectivity index (χ4v) is 0.808. The summed E-state index contributed by atoms with van der Waals surface area (Å²) in [5.74, 6) is -4.33. The number of carbonyl (C=O) groups is 1. The first-order valence-corrected chi connectivity index (χ1v) is 3.14. The van der Waals surface area contributed by atoms with Crippen molar-refractivity contribution in [1.29, 1.82) is 5.26 Å². The van der Waals surface area contributed by atoms with Crippen LogP contribution in [0.4, 0.5) is 13.2 Å². The zero-order valence-corrected chi connectivity index (χ0v) is 6.14. The summed E-state index contributed by atoms with van der Waals surface area (Å²) in [5, 5.41) is 8.26. The van der Waals surface area contributed by atoms with Gasteiger partial charge < -0.3 is 0 Å². The fourth-order valence-electron chi connectivity index (χ4n) is 0.808. The first-order valence-electron chi connectivity index (χ1n) is 3.14.